The summed E-state index contributed by atoms with van der Waals surface area (Å²) in [5.41, 5.74) is 2.30. The summed E-state index contributed by atoms with van der Waals surface area (Å²) in [5.74, 6) is -0.267. The zero-order valence-electron chi connectivity index (χ0n) is 11.6. The molecule has 108 valence electrons. The highest BCUT2D eigenvalue weighted by Gasteiger charge is 2.23. The first-order valence-electron chi connectivity index (χ1n) is 6.36. The zero-order chi connectivity index (χ0) is 15.0. The van der Waals surface area contributed by atoms with Crippen LogP contribution in [0.4, 0.5) is 4.39 Å². The van der Waals surface area contributed by atoms with Crippen LogP contribution in [0.1, 0.15) is 15.9 Å². The largest absolute Gasteiger partial charge is 0.497 e. The van der Waals surface area contributed by atoms with Gasteiger partial charge in [-0.25, -0.2) is 9.18 Å². The Morgan fingerprint density at radius 3 is 2.57 bits per heavy atom. The molecule has 4 nitrogen and oxygen atoms in total. The number of esters is 1. The van der Waals surface area contributed by atoms with E-state index in [-0.39, 0.29) is 12.4 Å². The minimum Gasteiger partial charge on any atom is -0.497 e. The molecule has 0 N–H and O–H groups in total. The Labute approximate surface area is 121 Å². The Bertz CT molecular complexity index is 724. The molecule has 0 spiro atoms. The van der Waals surface area contributed by atoms with Crippen LogP contribution in [-0.4, -0.2) is 20.2 Å². The quantitative estimate of drug-likeness (QED) is 0.796. The number of methoxy groups -OCH3 is 2. The number of halogens is 1. The highest BCUT2D eigenvalue weighted by Crippen LogP contribution is 2.36. The molecule has 0 aromatic heterocycles. The smallest absolute Gasteiger partial charge is 0.339 e. The molecule has 0 amide bonds. The molecule has 1 aliphatic heterocycles. The van der Waals surface area contributed by atoms with Crippen LogP contribution in [0, 0.1) is 5.82 Å². The second-order valence-corrected chi connectivity index (χ2v) is 4.63. The van der Waals surface area contributed by atoms with Crippen LogP contribution in [-0.2, 0) is 11.3 Å². The van der Waals surface area contributed by atoms with Gasteiger partial charge < -0.3 is 14.2 Å². The predicted octanol–water partition coefficient (Wildman–Crippen LogP) is 3.18. The van der Waals surface area contributed by atoms with E-state index < -0.39 is 11.8 Å². The van der Waals surface area contributed by atoms with Gasteiger partial charge in [-0.1, -0.05) is 0 Å². The number of fused-ring (bicyclic) bond motifs is 3. The van der Waals surface area contributed by atoms with Gasteiger partial charge >= 0.3 is 5.97 Å². The van der Waals surface area contributed by atoms with Crippen molar-refractivity contribution in [3.63, 3.8) is 0 Å². The van der Waals surface area contributed by atoms with Crippen LogP contribution in [0.3, 0.4) is 0 Å². The molecule has 0 fully saturated rings. The fourth-order valence-corrected chi connectivity index (χ4v) is 2.40. The average molecular weight is 288 g/mol. The minimum atomic E-state index is -0.479. The molecule has 0 unspecified atom stereocenters. The maximum absolute atomic E-state index is 14.0. The highest BCUT2D eigenvalue weighted by molar-refractivity contribution is 5.99. The molecular formula is C16H13FO4. The summed E-state index contributed by atoms with van der Waals surface area (Å²) < 4.78 is 29.3. The average Bonchev–Trinajstić information content (AvgIpc) is 2.64. The molecule has 0 atom stereocenters. The molecule has 5 heteroatoms. The van der Waals surface area contributed by atoms with Gasteiger partial charge in [-0.3, -0.25) is 0 Å². The Hall–Kier alpha value is -2.56. The Morgan fingerprint density at radius 2 is 1.86 bits per heavy atom. The summed E-state index contributed by atoms with van der Waals surface area (Å²) >= 11 is 0. The number of benzene rings is 2. The minimum absolute atomic E-state index is 0.0712. The van der Waals surface area contributed by atoms with Crippen molar-refractivity contribution in [1.82, 2.24) is 0 Å². The third-order valence-corrected chi connectivity index (χ3v) is 3.47. The van der Waals surface area contributed by atoms with Crippen molar-refractivity contribution in [3.8, 4) is 22.6 Å². The van der Waals surface area contributed by atoms with E-state index in [2.05, 4.69) is 0 Å². The standard InChI is InChI=1S/C16H13FO4/c1-19-10-3-4-11-12-7-14(17)15(20-2)5-9(12)8-21-16(18)13(11)6-10/h3-7H,8H2,1-2H3. The van der Waals surface area contributed by atoms with E-state index >= 15 is 0 Å². The van der Waals surface area contributed by atoms with Crippen LogP contribution in [0.15, 0.2) is 30.3 Å². The lowest BCUT2D eigenvalue weighted by atomic mass is 9.96. The van der Waals surface area contributed by atoms with Crippen molar-refractivity contribution in [2.45, 2.75) is 6.61 Å². The number of hydrogen-bond acceptors (Lipinski definition) is 4. The van der Waals surface area contributed by atoms with Gasteiger partial charge in [0.2, 0.25) is 0 Å². The molecule has 0 saturated carbocycles. The first-order chi connectivity index (χ1) is 10.1. The van der Waals surface area contributed by atoms with Gasteiger partial charge in [-0.05, 0) is 41.5 Å². The lowest BCUT2D eigenvalue weighted by Crippen LogP contribution is -2.03. The second kappa shape index (κ2) is 5.09. The molecule has 1 aliphatic rings. The fraction of sp³-hybridized carbons (Fsp3) is 0.188. The molecule has 2 aromatic carbocycles. The van der Waals surface area contributed by atoms with Gasteiger partial charge in [-0.15, -0.1) is 0 Å². The van der Waals surface area contributed by atoms with E-state index in [0.29, 0.717) is 28.0 Å². The van der Waals surface area contributed by atoms with Gasteiger partial charge in [0.1, 0.15) is 12.4 Å². The van der Waals surface area contributed by atoms with Gasteiger partial charge in [0, 0.05) is 5.56 Å². The molecule has 0 saturated heterocycles. The lowest BCUT2D eigenvalue weighted by molar-refractivity contribution is 0.0478. The molecule has 21 heavy (non-hydrogen) atoms. The first-order valence-corrected chi connectivity index (χ1v) is 6.36. The number of ether oxygens (including phenoxy) is 3. The van der Waals surface area contributed by atoms with Crippen molar-refractivity contribution in [1.29, 1.82) is 0 Å². The van der Waals surface area contributed by atoms with Gasteiger partial charge in [0.25, 0.3) is 0 Å². The Morgan fingerprint density at radius 1 is 1.05 bits per heavy atom. The van der Waals surface area contributed by atoms with Crippen LogP contribution in [0.25, 0.3) is 11.1 Å². The van der Waals surface area contributed by atoms with Crippen molar-refractivity contribution in [2.75, 3.05) is 14.2 Å². The number of rotatable bonds is 2. The number of cyclic esters (lactones) is 1. The van der Waals surface area contributed by atoms with E-state index in [4.69, 9.17) is 14.2 Å². The first kappa shape index (κ1) is 13.4. The van der Waals surface area contributed by atoms with Crippen LogP contribution >= 0.6 is 0 Å². The maximum atomic E-state index is 14.0. The van der Waals surface area contributed by atoms with E-state index in [1.807, 2.05) is 0 Å². The van der Waals surface area contributed by atoms with Gasteiger partial charge in [-0.2, -0.15) is 0 Å². The molecule has 1 heterocycles. The normalized spacial score (nSPS) is 12.8. The topological polar surface area (TPSA) is 44.8 Å². The number of hydrogen-bond donors (Lipinski definition) is 0. The summed E-state index contributed by atoms with van der Waals surface area (Å²) in [7, 11) is 2.91. The van der Waals surface area contributed by atoms with Gasteiger partial charge in [0.05, 0.1) is 19.8 Å². The molecular weight excluding hydrogens is 275 g/mol. The monoisotopic (exact) mass is 288 g/mol. The third-order valence-electron chi connectivity index (χ3n) is 3.47. The van der Waals surface area contributed by atoms with Crippen molar-refractivity contribution in [2.24, 2.45) is 0 Å². The van der Waals surface area contributed by atoms with Crippen molar-refractivity contribution >= 4 is 5.97 Å². The molecule has 3 rings (SSSR count). The molecule has 0 aliphatic carbocycles. The maximum Gasteiger partial charge on any atom is 0.339 e. The molecule has 2 aromatic rings. The van der Waals surface area contributed by atoms with E-state index in [1.54, 1.807) is 24.3 Å². The van der Waals surface area contributed by atoms with Crippen LogP contribution in [0.5, 0.6) is 11.5 Å². The molecule has 0 radical (unpaired) electrons. The zero-order valence-corrected chi connectivity index (χ0v) is 11.6. The summed E-state index contributed by atoms with van der Waals surface area (Å²) in [6.07, 6.45) is 0. The van der Waals surface area contributed by atoms with Crippen molar-refractivity contribution < 1.29 is 23.4 Å². The summed E-state index contributed by atoms with van der Waals surface area (Å²) in [6.45, 7) is 0.0712. The summed E-state index contributed by atoms with van der Waals surface area (Å²) in [4.78, 5) is 12.1. The Kier molecular flexibility index (Phi) is 3.25. The van der Waals surface area contributed by atoms with Gasteiger partial charge in [0.15, 0.2) is 11.6 Å². The van der Waals surface area contributed by atoms with E-state index in [9.17, 15) is 9.18 Å². The summed E-state index contributed by atoms with van der Waals surface area (Å²) in [5, 5.41) is 0. The highest BCUT2D eigenvalue weighted by atomic mass is 19.1. The predicted molar refractivity (Wildman–Crippen MR) is 74.1 cm³/mol. The number of carbonyl (C=O) groups is 1. The summed E-state index contributed by atoms with van der Waals surface area (Å²) in [6, 6.07) is 7.96. The molecule has 0 bridgehead atoms. The number of carbonyl (C=O) groups excluding carboxylic acids is 1. The fourth-order valence-electron chi connectivity index (χ4n) is 2.40. The van der Waals surface area contributed by atoms with Crippen molar-refractivity contribution in [3.05, 3.63) is 47.3 Å². The second-order valence-electron chi connectivity index (χ2n) is 4.63. The van der Waals surface area contributed by atoms with E-state index in [0.717, 1.165) is 0 Å². The van der Waals surface area contributed by atoms with Crippen LogP contribution in [0.2, 0.25) is 0 Å². The van der Waals surface area contributed by atoms with Crippen LogP contribution < -0.4 is 9.47 Å². The van der Waals surface area contributed by atoms with E-state index in [1.165, 1.54) is 20.3 Å². The lowest BCUT2D eigenvalue weighted by Gasteiger charge is -2.11. The third kappa shape index (κ3) is 2.20. The Balaban J connectivity index is 2.25. The SMILES string of the molecule is COc1ccc2c(c1)C(=O)OCc1cc(OC)c(F)cc1-2.